The van der Waals surface area contributed by atoms with E-state index in [1.165, 1.54) is 32.1 Å². The van der Waals surface area contributed by atoms with Crippen LogP contribution in [-0.4, -0.2) is 26.2 Å². The number of methoxy groups -OCH3 is 1. The monoisotopic (exact) mass is 248 g/mol. The molecule has 0 radical (unpaired) electrons. The zero-order valence-electron chi connectivity index (χ0n) is 11.2. The molecule has 1 aliphatic rings. The first-order valence-corrected chi connectivity index (χ1v) is 7.00. The highest BCUT2D eigenvalue weighted by molar-refractivity contribution is 5.46. The van der Waals surface area contributed by atoms with Gasteiger partial charge in [-0.15, -0.1) is 0 Å². The van der Waals surface area contributed by atoms with Crippen LogP contribution in [0.4, 0.5) is 5.69 Å². The van der Waals surface area contributed by atoms with E-state index in [9.17, 15) is 0 Å². The molecule has 0 spiro atoms. The molecule has 2 rings (SSSR count). The molecule has 3 heteroatoms. The lowest BCUT2D eigenvalue weighted by Gasteiger charge is -2.23. The Morgan fingerprint density at radius 1 is 1.06 bits per heavy atom. The molecule has 100 valence electrons. The molecule has 1 aromatic carbocycles. The van der Waals surface area contributed by atoms with Crippen LogP contribution in [0.15, 0.2) is 24.3 Å². The molecule has 2 N–H and O–H groups in total. The van der Waals surface area contributed by atoms with Crippen LogP contribution in [0.3, 0.4) is 0 Å². The van der Waals surface area contributed by atoms with Gasteiger partial charge in [0, 0.05) is 24.8 Å². The molecule has 0 aromatic heterocycles. The van der Waals surface area contributed by atoms with E-state index in [-0.39, 0.29) is 0 Å². The summed E-state index contributed by atoms with van der Waals surface area (Å²) in [6.45, 7) is 2.01. The first-order valence-electron chi connectivity index (χ1n) is 7.00. The average Bonchev–Trinajstić information content (AvgIpc) is 2.45. The molecule has 0 aliphatic heterocycles. The minimum Gasteiger partial charge on any atom is -0.497 e. The molecule has 3 nitrogen and oxygen atoms in total. The topological polar surface area (TPSA) is 33.3 Å². The third-order valence-electron chi connectivity index (χ3n) is 3.58. The fourth-order valence-electron chi connectivity index (χ4n) is 2.50. The summed E-state index contributed by atoms with van der Waals surface area (Å²) in [5.74, 6) is 0.904. The Hall–Kier alpha value is -1.22. The Labute approximate surface area is 110 Å². The number of nitrogens with one attached hydrogen (secondary N) is 2. The van der Waals surface area contributed by atoms with Crippen LogP contribution in [-0.2, 0) is 0 Å². The first-order chi connectivity index (χ1) is 8.88. The van der Waals surface area contributed by atoms with Crippen LogP contribution in [0.5, 0.6) is 5.75 Å². The second-order valence-electron chi connectivity index (χ2n) is 4.94. The van der Waals surface area contributed by atoms with Crippen molar-refractivity contribution in [2.45, 2.75) is 38.1 Å². The largest absolute Gasteiger partial charge is 0.497 e. The van der Waals surface area contributed by atoms with Gasteiger partial charge in [0.15, 0.2) is 0 Å². The first kappa shape index (κ1) is 13.2. The molecule has 0 atom stereocenters. The van der Waals surface area contributed by atoms with Crippen molar-refractivity contribution in [2.75, 3.05) is 25.5 Å². The van der Waals surface area contributed by atoms with Gasteiger partial charge in [-0.1, -0.05) is 19.3 Å². The predicted molar refractivity (Wildman–Crippen MR) is 76.4 cm³/mol. The quantitative estimate of drug-likeness (QED) is 0.759. The average molecular weight is 248 g/mol. The minimum atomic E-state index is 0.747. The summed E-state index contributed by atoms with van der Waals surface area (Å²) in [5.41, 5.74) is 1.15. The van der Waals surface area contributed by atoms with Crippen LogP contribution in [0, 0.1) is 0 Å². The maximum atomic E-state index is 5.13. The van der Waals surface area contributed by atoms with Gasteiger partial charge in [0.25, 0.3) is 0 Å². The van der Waals surface area contributed by atoms with Gasteiger partial charge in [-0.25, -0.2) is 0 Å². The lowest BCUT2D eigenvalue weighted by Crippen LogP contribution is -2.34. The molecular weight excluding hydrogens is 224 g/mol. The smallest absolute Gasteiger partial charge is 0.119 e. The SMILES string of the molecule is COc1ccc(NCCNC2CCCCC2)cc1. The van der Waals surface area contributed by atoms with Gasteiger partial charge in [-0.2, -0.15) is 0 Å². The maximum absolute atomic E-state index is 5.13. The second-order valence-corrected chi connectivity index (χ2v) is 4.94. The predicted octanol–water partition coefficient (Wildman–Crippen LogP) is 3.03. The fourth-order valence-corrected chi connectivity index (χ4v) is 2.50. The summed E-state index contributed by atoms with van der Waals surface area (Å²) < 4.78 is 5.13. The highest BCUT2D eigenvalue weighted by Crippen LogP contribution is 2.17. The normalized spacial score (nSPS) is 16.5. The van der Waals surface area contributed by atoms with Crippen molar-refractivity contribution in [1.29, 1.82) is 0 Å². The molecule has 0 amide bonds. The number of ether oxygens (including phenoxy) is 1. The molecule has 0 unspecified atom stereocenters. The van der Waals surface area contributed by atoms with Gasteiger partial charge in [0.2, 0.25) is 0 Å². The summed E-state index contributed by atoms with van der Waals surface area (Å²) in [6, 6.07) is 8.82. The summed E-state index contributed by atoms with van der Waals surface area (Å²) in [7, 11) is 1.69. The van der Waals surface area contributed by atoms with Crippen molar-refractivity contribution < 1.29 is 4.74 Å². The second kappa shape index (κ2) is 7.27. The van der Waals surface area contributed by atoms with E-state index in [4.69, 9.17) is 4.74 Å². The number of hydrogen-bond donors (Lipinski definition) is 2. The van der Waals surface area contributed by atoms with Crippen molar-refractivity contribution >= 4 is 5.69 Å². The third kappa shape index (κ3) is 4.22. The van der Waals surface area contributed by atoms with Crippen LogP contribution in [0.25, 0.3) is 0 Å². The van der Waals surface area contributed by atoms with E-state index in [0.717, 1.165) is 30.6 Å². The van der Waals surface area contributed by atoms with Crippen molar-refractivity contribution in [3.63, 3.8) is 0 Å². The Morgan fingerprint density at radius 3 is 2.44 bits per heavy atom. The summed E-state index contributed by atoms with van der Waals surface area (Å²) in [5, 5.41) is 7.04. The number of hydrogen-bond acceptors (Lipinski definition) is 3. The van der Waals surface area contributed by atoms with Gasteiger partial charge < -0.3 is 15.4 Å². The van der Waals surface area contributed by atoms with E-state index in [1.807, 2.05) is 12.1 Å². The number of benzene rings is 1. The van der Waals surface area contributed by atoms with E-state index in [1.54, 1.807) is 7.11 Å². The van der Waals surface area contributed by atoms with E-state index < -0.39 is 0 Å². The Kier molecular flexibility index (Phi) is 5.34. The third-order valence-corrected chi connectivity index (χ3v) is 3.58. The van der Waals surface area contributed by atoms with Gasteiger partial charge in [0.1, 0.15) is 5.75 Å². The van der Waals surface area contributed by atoms with Gasteiger partial charge in [-0.05, 0) is 37.1 Å². The summed E-state index contributed by atoms with van der Waals surface area (Å²) in [6.07, 6.45) is 6.90. The molecule has 1 saturated carbocycles. The summed E-state index contributed by atoms with van der Waals surface area (Å²) in [4.78, 5) is 0. The van der Waals surface area contributed by atoms with Crippen LogP contribution in [0.2, 0.25) is 0 Å². The lowest BCUT2D eigenvalue weighted by atomic mass is 9.95. The number of anilines is 1. The van der Waals surface area contributed by atoms with Crippen LogP contribution < -0.4 is 15.4 Å². The molecule has 1 aromatic rings. The fraction of sp³-hybridized carbons (Fsp3) is 0.600. The minimum absolute atomic E-state index is 0.747. The van der Waals surface area contributed by atoms with Gasteiger partial charge >= 0.3 is 0 Å². The molecule has 0 bridgehead atoms. The highest BCUT2D eigenvalue weighted by atomic mass is 16.5. The van der Waals surface area contributed by atoms with Crippen molar-refractivity contribution in [3.05, 3.63) is 24.3 Å². The van der Waals surface area contributed by atoms with Crippen LogP contribution >= 0.6 is 0 Å². The zero-order chi connectivity index (χ0) is 12.6. The molecule has 0 saturated heterocycles. The van der Waals surface area contributed by atoms with Crippen molar-refractivity contribution in [2.24, 2.45) is 0 Å². The molecular formula is C15H24N2O. The van der Waals surface area contributed by atoms with Gasteiger partial charge in [-0.3, -0.25) is 0 Å². The Balaban J connectivity index is 1.62. The molecule has 1 aliphatic carbocycles. The summed E-state index contributed by atoms with van der Waals surface area (Å²) >= 11 is 0. The zero-order valence-corrected chi connectivity index (χ0v) is 11.2. The molecule has 1 fully saturated rings. The molecule has 0 heterocycles. The van der Waals surface area contributed by atoms with E-state index >= 15 is 0 Å². The van der Waals surface area contributed by atoms with Crippen LogP contribution in [0.1, 0.15) is 32.1 Å². The Bertz CT molecular complexity index is 331. The standard InChI is InChI=1S/C15H24N2O/c1-18-15-9-7-14(8-10-15)17-12-11-16-13-5-3-2-4-6-13/h7-10,13,16-17H,2-6,11-12H2,1H3. The number of rotatable bonds is 6. The van der Waals surface area contributed by atoms with E-state index in [0.29, 0.717) is 0 Å². The van der Waals surface area contributed by atoms with Crippen molar-refractivity contribution in [3.8, 4) is 5.75 Å². The lowest BCUT2D eigenvalue weighted by molar-refractivity contribution is 0.378. The Morgan fingerprint density at radius 2 is 1.78 bits per heavy atom. The van der Waals surface area contributed by atoms with Gasteiger partial charge in [0.05, 0.1) is 7.11 Å². The maximum Gasteiger partial charge on any atom is 0.119 e. The highest BCUT2D eigenvalue weighted by Gasteiger charge is 2.11. The van der Waals surface area contributed by atoms with Crippen molar-refractivity contribution in [1.82, 2.24) is 5.32 Å². The molecule has 18 heavy (non-hydrogen) atoms. The van der Waals surface area contributed by atoms with E-state index in [2.05, 4.69) is 22.8 Å².